The maximum Gasteiger partial charge on any atom is 0.212 e. The van der Waals surface area contributed by atoms with Crippen LogP contribution >= 0.6 is 11.8 Å². The number of nitrogens with zero attached hydrogens (tertiary/aromatic N) is 4. The standard InChI is InChI=1S/C24H18F2N4S/c1-15(18-9-12-20(21(26)13-18)16-5-3-2-4-6-16)23-27-28-24-30(23)29-22(14-31-24)17-7-10-19(25)11-8-17/h2-13,15H,14H2,1H3. The molecule has 3 aromatic carbocycles. The Hall–Kier alpha value is -3.32. The van der Waals surface area contributed by atoms with Gasteiger partial charge < -0.3 is 0 Å². The van der Waals surface area contributed by atoms with Crippen molar-refractivity contribution in [2.75, 3.05) is 5.75 Å². The summed E-state index contributed by atoms with van der Waals surface area (Å²) in [4.78, 5) is 0. The molecule has 5 rings (SSSR count). The topological polar surface area (TPSA) is 43.1 Å². The predicted molar refractivity (Wildman–Crippen MR) is 118 cm³/mol. The van der Waals surface area contributed by atoms with Crippen LogP contribution in [0.2, 0.25) is 0 Å². The number of fused-ring (bicyclic) bond motifs is 1. The minimum atomic E-state index is -0.284. The Morgan fingerprint density at radius 2 is 1.68 bits per heavy atom. The fourth-order valence-corrected chi connectivity index (χ4v) is 4.44. The number of thioether (sulfide) groups is 1. The first-order valence-electron chi connectivity index (χ1n) is 9.87. The minimum absolute atomic E-state index is 0.211. The third-order valence-electron chi connectivity index (χ3n) is 5.34. The number of aromatic nitrogens is 3. The fraction of sp³-hybridized carbons (Fsp3) is 0.125. The summed E-state index contributed by atoms with van der Waals surface area (Å²) in [6, 6.07) is 21.0. The summed E-state index contributed by atoms with van der Waals surface area (Å²) in [7, 11) is 0. The van der Waals surface area contributed by atoms with E-state index in [9.17, 15) is 8.78 Å². The highest BCUT2D eigenvalue weighted by atomic mass is 32.2. The van der Waals surface area contributed by atoms with Gasteiger partial charge in [-0.25, -0.2) is 8.78 Å². The molecule has 7 heteroatoms. The van der Waals surface area contributed by atoms with Gasteiger partial charge in [-0.1, -0.05) is 73.3 Å². The van der Waals surface area contributed by atoms with Crippen LogP contribution in [0.15, 0.2) is 83.1 Å². The van der Waals surface area contributed by atoms with Crippen LogP contribution in [0.3, 0.4) is 0 Å². The third kappa shape index (κ3) is 3.77. The molecule has 4 nitrogen and oxygen atoms in total. The van der Waals surface area contributed by atoms with Gasteiger partial charge in [-0.15, -0.1) is 10.2 Å². The number of halogens is 2. The lowest BCUT2D eigenvalue weighted by Crippen LogP contribution is -2.16. The molecule has 4 aromatic rings. The van der Waals surface area contributed by atoms with Gasteiger partial charge in [0.15, 0.2) is 5.82 Å². The third-order valence-corrected chi connectivity index (χ3v) is 6.27. The molecule has 0 aliphatic carbocycles. The Bertz CT molecular complexity index is 1270. The summed E-state index contributed by atoms with van der Waals surface area (Å²) in [6.45, 7) is 1.96. The van der Waals surface area contributed by atoms with Crippen LogP contribution in [0.25, 0.3) is 11.1 Å². The molecule has 0 saturated carbocycles. The summed E-state index contributed by atoms with van der Waals surface area (Å²) in [5.41, 5.74) is 3.86. The molecule has 0 radical (unpaired) electrons. The monoisotopic (exact) mass is 432 g/mol. The zero-order valence-electron chi connectivity index (χ0n) is 16.7. The maximum atomic E-state index is 14.9. The van der Waals surface area contributed by atoms with E-state index in [1.165, 1.54) is 23.9 Å². The van der Waals surface area contributed by atoms with Gasteiger partial charge in [0.05, 0.1) is 5.71 Å². The van der Waals surface area contributed by atoms with E-state index in [4.69, 9.17) is 5.10 Å². The molecule has 154 valence electrons. The second-order valence-electron chi connectivity index (χ2n) is 7.32. The molecule has 1 atom stereocenters. The van der Waals surface area contributed by atoms with Gasteiger partial charge in [0.1, 0.15) is 11.6 Å². The van der Waals surface area contributed by atoms with Crippen molar-refractivity contribution in [2.24, 2.45) is 5.10 Å². The maximum absolute atomic E-state index is 14.9. The summed E-state index contributed by atoms with van der Waals surface area (Å²) >= 11 is 1.52. The zero-order valence-corrected chi connectivity index (χ0v) is 17.5. The van der Waals surface area contributed by atoms with E-state index < -0.39 is 0 Å². The van der Waals surface area contributed by atoms with Crippen LogP contribution in [0.4, 0.5) is 8.78 Å². The second kappa shape index (κ2) is 8.07. The summed E-state index contributed by atoms with van der Waals surface area (Å²) in [5, 5.41) is 14.0. The first-order valence-corrected chi connectivity index (χ1v) is 10.9. The molecule has 0 spiro atoms. The SMILES string of the molecule is CC(c1ccc(-c2ccccc2)c(F)c1)c1nnc2n1N=C(c1ccc(F)cc1)CS2. The lowest BCUT2D eigenvalue weighted by Gasteiger charge is -2.17. The van der Waals surface area contributed by atoms with Gasteiger partial charge in [0.25, 0.3) is 0 Å². The fourth-order valence-electron chi connectivity index (χ4n) is 3.60. The highest BCUT2D eigenvalue weighted by Gasteiger charge is 2.24. The highest BCUT2D eigenvalue weighted by Crippen LogP contribution is 2.32. The Morgan fingerprint density at radius 1 is 0.903 bits per heavy atom. The van der Waals surface area contributed by atoms with Gasteiger partial charge in [-0.05, 0) is 34.9 Å². The molecular formula is C24H18F2N4S. The molecule has 0 N–H and O–H groups in total. The van der Waals surface area contributed by atoms with Crippen LogP contribution in [-0.4, -0.2) is 26.3 Å². The van der Waals surface area contributed by atoms with Crippen molar-refractivity contribution in [1.29, 1.82) is 0 Å². The highest BCUT2D eigenvalue weighted by molar-refractivity contribution is 7.99. The van der Waals surface area contributed by atoms with Crippen LogP contribution in [0.1, 0.15) is 29.8 Å². The Kier molecular flexibility index (Phi) is 5.11. The lowest BCUT2D eigenvalue weighted by atomic mass is 9.96. The quantitative estimate of drug-likeness (QED) is 0.413. The van der Waals surface area contributed by atoms with Crippen molar-refractivity contribution < 1.29 is 8.78 Å². The first-order chi connectivity index (χ1) is 15.1. The number of hydrogen-bond acceptors (Lipinski definition) is 4. The van der Waals surface area contributed by atoms with E-state index in [2.05, 4.69) is 10.2 Å². The zero-order chi connectivity index (χ0) is 21.4. The van der Waals surface area contributed by atoms with Crippen molar-refractivity contribution in [3.63, 3.8) is 0 Å². The predicted octanol–water partition coefficient (Wildman–Crippen LogP) is 5.73. The van der Waals surface area contributed by atoms with Crippen molar-refractivity contribution in [3.8, 4) is 11.1 Å². The largest absolute Gasteiger partial charge is 0.212 e. The Morgan fingerprint density at radius 3 is 2.42 bits per heavy atom. The van der Waals surface area contributed by atoms with Gasteiger partial charge in [-0.3, -0.25) is 0 Å². The van der Waals surface area contributed by atoms with E-state index in [0.29, 0.717) is 22.3 Å². The molecule has 1 aliphatic heterocycles. The van der Waals surface area contributed by atoms with E-state index in [-0.39, 0.29) is 17.6 Å². The smallest absolute Gasteiger partial charge is 0.207 e. The summed E-state index contributed by atoms with van der Waals surface area (Å²) < 4.78 is 29.9. The summed E-state index contributed by atoms with van der Waals surface area (Å²) in [6.07, 6.45) is 0. The average Bonchev–Trinajstić information content (AvgIpc) is 3.23. The van der Waals surface area contributed by atoms with Gasteiger partial charge in [0.2, 0.25) is 5.16 Å². The molecule has 0 fully saturated rings. The van der Waals surface area contributed by atoms with Crippen LogP contribution in [-0.2, 0) is 0 Å². The van der Waals surface area contributed by atoms with E-state index in [1.807, 2.05) is 43.3 Å². The molecular weight excluding hydrogens is 414 g/mol. The lowest BCUT2D eigenvalue weighted by molar-refractivity contribution is 0.623. The normalized spacial score (nSPS) is 14.1. The summed E-state index contributed by atoms with van der Waals surface area (Å²) in [5.74, 6) is 0.483. The number of hydrogen-bond donors (Lipinski definition) is 0. The molecule has 31 heavy (non-hydrogen) atoms. The van der Waals surface area contributed by atoms with E-state index in [1.54, 1.807) is 28.9 Å². The second-order valence-corrected chi connectivity index (χ2v) is 8.26. The van der Waals surface area contributed by atoms with Gasteiger partial charge in [0, 0.05) is 17.2 Å². The van der Waals surface area contributed by atoms with Crippen LogP contribution in [0.5, 0.6) is 0 Å². The van der Waals surface area contributed by atoms with Crippen molar-refractivity contribution >= 4 is 17.5 Å². The molecule has 0 amide bonds. The van der Waals surface area contributed by atoms with Crippen molar-refractivity contribution in [2.45, 2.75) is 18.0 Å². The van der Waals surface area contributed by atoms with E-state index >= 15 is 0 Å². The van der Waals surface area contributed by atoms with E-state index in [0.717, 1.165) is 22.4 Å². The van der Waals surface area contributed by atoms with Crippen molar-refractivity contribution in [1.82, 2.24) is 14.9 Å². The molecule has 0 saturated heterocycles. The average molecular weight is 432 g/mol. The van der Waals surface area contributed by atoms with Gasteiger partial charge >= 0.3 is 0 Å². The Balaban J connectivity index is 1.48. The van der Waals surface area contributed by atoms with Crippen LogP contribution < -0.4 is 0 Å². The minimum Gasteiger partial charge on any atom is -0.207 e. The van der Waals surface area contributed by atoms with Crippen molar-refractivity contribution in [3.05, 3.63) is 101 Å². The van der Waals surface area contributed by atoms with Crippen LogP contribution in [0, 0.1) is 11.6 Å². The molecule has 1 aromatic heterocycles. The first kappa shape index (κ1) is 19.6. The number of benzene rings is 3. The molecule has 2 heterocycles. The Labute approximate surface area is 182 Å². The molecule has 1 aliphatic rings. The number of rotatable bonds is 4. The van der Waals surface area contributed by atoms with Gasteiger partial charge in [-0.2, -0.15) is 9.78 Å². The molecule has 1 unspecified atom stereocenters. The molecule has 0 bridgehead atoms.